The highest BCUT2D eigenvalue weighted by Crippen LogP contribution is 2.33. The first-order valence-electron chi connectivity index (χ1n) is 7.59. The van der Waals surface area contributed by atoms with Crippen molar-refractivity contribution in [1.29, 1.82) is 0 Å². The van der Waals surface area contributed by atoms with Gasteiger partial charge >= 0.3 is 0 Å². The highest BCUT2D eigenvalue weighted by Gasteiger charge is 2.09. The Kier molecular flexibility index (Phi) is 3.93. The molecule has 0 amide bonds. The van der Waals surface area contributed by atoms with Crippen LogP contribution in [0, 0.1) is 13.8 Å². The van der Waals surface area contributed by atoms with E-state index in [-0.39, 0.29) is 0 Å². The standard InChI is InChI=1S/C22H20/c1-4-18-8-5-6-9-22(18)21-11-7-10-20(17(21)3)19-14-12-16(2)13-15-19/h4-15H,1H2,2-3H3. The average molecular weight is 284 g/mol. The number of hydrogen-bond acceptors (Lipinski definition) is 0. The van der Waals surface area contributed by atoms with Crippen molar-refractivity contribution in [2.75, 3.05) is 0 Å². The third-order valence-electron chi connectivity index (χ3n) is 4.17. The van der Waals surface area contributed by atoms with Gasteiger partial charge in [0.05, 0.1) is 0 Å². The van der Waals surface area contributed by atoms with E-state index >= 15 is 0 Å². The summed E-state index contributed by atoms with van der Waals surface area (Å²) in [7, 11) is 0. The minimum atomic E-state index is 1.17. The van der Waals surface area contributed by atoms with Crippen molar-refractivity contribution in [2.24, 2.45) is 0 Å². The Morgan fingerprint density at radius 2 is 1.32 bits per heavy atom. The second-order valence-corrected chi connectivity index (χ2v) is 5.64. The fourth-order valence-electron chi connectivity index (χ4n) is 2.89. The molecule has 0 spiro atoms. The highest BCUT2D eigenvalue weighted by atomic mass is 14.1. The quantitative estimate of drug-likeness (QED) is 0.531. The summed E-state index contributed by atoms with van der Waals surface area (Å²) in [5.74, 6) is 0. The molecule has 0 fully saturated rings. The van der Waals surface area contributed by atoms with Gasteiger partial charge < -0.3 is 0 Å². The molecule has 0 atom stereocenters. The molecule has 0 N–H and O–H groups in total. The molecule has 0 radical (unpaired) electrons. The molecular weight excluding hydrogens is 264 g/mol. The lowest BCUT2D eigenvalue weighted by Gasteiger charge is -2.14. The molecule has 0 heterocycles. The maximum atomic E-state index is 3.94. The average Bonchev–Trinajstić information content (AvgIpc) is 2.56. The second-order valence-electron chi connectivity index (χ2n) is 5.64. The Morgan fingerprint density at radius 1 is 0.682 bits per heavy atom. The molecule has 0 aliphatic rings. The number of rotatable bonds is 3. The van der Waals surface area contributed by atoms with E-state index in [9.17, 15) is 0 Å². The van der Waals surface area contributed by atoms with Crippen molar-refractivity contribution >= 4 is 6.08 Å². The Morgan fingerprint density at radius 3 is 2.05 bits per heavy atom. The van der Waals surface area contributed by atoms with Crippen LogP contribution in [0.5, 0.6) is 0 Å². The van der Waals surface area contributed by atoms with Gasteiger partial charge in [0.25, 0.3) is 0 Å². The molecule has 3 aromatic rings. The van der Waals surface area contributed by atoms with Crippen LogP contribution in [-0.2, 0) is 0 Å². The van der Waals surface area contributed by atoms with Gasteiger partial charge in [-0.1, -0.05) is 84.9 Å². The predicted octanol–water partition coefficient (Wildman–Crippen LogP) is 6.28. The van der Waals surface area contributed by atoms with Crippen LogP contribution in [0.3, 0.4) is 0 Å². The molecule has 0 aromatic heterocycles. The third-order valence-corrected chi connectivity index (χ3v) is 4.17. The van der Waals surface area contributed by atoms with Crippen molar-refractivity contribution in [1.82, 2.24) is 0 Å². The van der Waals surface area contributed by atoms with E-state index in [1.807, 2.05) is 6.08 Å². The molecule has 0 saturated heterocycles. The van der Waals surface area contributed by atoms with Gasteiger partial charge in [-0.2, -0.15) is 0 Å². The van der Waals surface area contributed by atoms with E-state index in [2.05, 4.69) is 87.2 Å². The minimum absolute atomic E-state index is 1.17. The topological polar surface area (TPSA) is 0 Å². The molecule has 3 aromatic carbocycles. The summed E-state index contributed by atoms with van der Waals surface area (Å²) in [6, 6.07) is 23.7. The molecule has 0 aliphatic carbocycles. The van der Waals surface area contributed by atoms with Gasteiger partial charge in [-0.25, -0.2) is 0 Å². The van der Waals surface area contributed by atoms with Crippen LogP contribution in [0.1, 0.15) is 16.7 Å². The van der Waals surface area contributed by atoms with Crippen LogP contribution in [0.25, 0.3) is 28.3 Å². The molecule has 0 unspecified atom stereocenters. The number of benzene rings is 3. The van der Waals surface area contributed by atoms with Gasteiger partial charge in [0.15, 0.2) is 0 Å². The van der Waals surface area contributed by atoms with Crippen LogP contribution in [-0.4, -0.2) is 0 Å². The first-order chi connectivity index (χ1) is 10.7. The zero-order valence-electron chi connectivity index (χ0n) is 13.1. The molecular formula is C22H20. The minimum Gasteiger partial charge on any atom is -0.0984 e. The van der Waals surface area contributed by atoms with Crippen LogP contribution < -0.4 is 0 Å². The van der Waals surface area contributed by atoms with E-state index in [4.69, 9.17) is 0 Å². The summed E-state index contributed by atoms with van der Waals surface area (Å²) in [6.45, 7) is 8.25. The Balaban J connectivity index is 2.17. The number of hydrogen-bond donors (Lipinski definition) is 0. The molecule has 0 nitrogen and oxygen atoms in total. The van der Waals surface area contributed by atoms with E-state index in [1.165, 1.54) is 38.9 Å². The van der Waals surface area contributed by atoms with Crippen molar-refractivity contribution in [3.63, 3.8) is 0 Å². The molecule has 0 aliphatic heterocycles. The Hall–Kier alpha value is -2.60. The largest absolute Gasteiger partial charge is 0.0984 e. The smallest absolute Gasteiger partial charge is 0.0109 e. The molecule has 0 bridgehead atoms. The van der Waals surface area contributed by atoms with E-state index in [0.717, 1.165) is 0 Å². The number of aryl methyl sites for hydroxylation is 1. The van der Waals surface area contributed by atoms with E-state index in [0.29, 0.717) is 0 Å². The predicted molar refractivity (Wildman–Crippen MR) is 96.9 cm³/mol. The lowest BCUT2D eigenvalue weighted by atomic mass is 9.90. The fraction of sp³-hybridized carbons (Fsp3) is 0.0909. The van der Waals surface area contributed by atoms with Gasteiger partial charge in [0, 0.05) is 0 Å². The zero-order chi connectivity index (χ0) is 15.5. The first-order valence-corrected chi connectivity index (χ1v) is 7.59. The Bertz CT molecular complexity index is 808. The van der Waals surface area contributed by atoms with Crippen molar-refractivity contribution < 1.29 is 0 Å². The molecule has 108 valence electrons. The summed E-state index contributed by atoms with van der Waals surface area (Å²) in [5.41, 5.74) is 8.83. The summed E-state index contributed by atoms with van der Waals surface area (Å²) >= 11 is 0. The maximum absolute atomic E-state index is 3.94. The lowest BCUT2D eigenvalue weighted by Crippen LogP contribution is -1.90. The van der Waals surface area contributed by atoms with E-state index < -0.39 is 0 Å². The van der Waals surface area contributed by atoms with Crippen molar-refractivity contribution in [2.45, 2.75) is 13.8 Å². The summed E-state index contributed by atoms with van der Waals surface area (Å²) < 4.78 is 0. The van der Waals surface area contributed by atoms with Gasteiger partial charge in [0.2, 0.25) is 0 Å². The van der Waals surface area contributed by atoms with Crippen LogP contribution in [0.4, 0.5) is 0 Å². The lowest BCUT2D eigenvalue weighted by molar-refractivity contribution is 1.42. The molecule has 0 heteroatoms. The summed E-state index contributed by atoms with van der Waals surface area (Å²) in [4.78, 5) is 0. The second kappa shape index (κ2) is 6.03. The fourth-order valence-corrected chi connectivity index (χ4v) is 2.89. The Labute approximate surface area is 132 Å². The SMILES string of the molecule is C=Cc1ccccc1-c1cccc(-c2ccc(C)cc2)c1C. The normalized spacial score (nSPS) is 10.5. The van der Waals surface area contributed by atoms with Gasteiger partial charge in [-0.15, -0.1) is 0 Å². The maximum Gasteiger partial charge on any atom is -0.0109 e. The summed E-state index contributed by atoms with van der Waals surface area (Å²) in [6.07, 6.45) is 1.92. The van der Waals surface area contributed by atoms with Crippen molar-refractivity contribution in [3.05, 3.63) is 90.0 Å². The zero-order valence-corrected chi connectivity index (χ0v) is 13.1. The summed E-state index contributed by atoms with van der Waals surface area (Å²) in [5, 5.41) is 0. The van der Waals surface area contributed by atoms with Crippen molar-refractivity contribution in [3.8, 4) is 22.3 Å². The molecule has 22 heavy (non-hydrogen) atoms. The van der Waals surface area contributed by atoms with Gasteiger partial charge in [-0.3, -0.25) is 0 Å². The van der Waals surface area contributed by atoms with Gasteiger partial charge in [0.1, 0.15) is 0 Å². The molecule has 0 saturated carbocycles. The van der Waals surface area contributed by atoms with E-state index in [1.54, 1.807) is 0 Å². The van der Waals surface area contributed by atoms with Crippen LogP contribution >= 0.6 is 0 Å². The monoisotopic (exact) mass is 284 g/mol. The van der Waals surface area contributed by atoms with Crippen LogP contribution in [0.15, 0.2) is 73.3 Å². The van der Waals surface area contributed by atoms with Gasteiger partial charge in [-0.05, 0) is 47.2 Å². The third kappa shape index (κ3) is 2.60. The van der Waals surface area contributed by atoms with Crippen LogP contribution in [0.2, 0.25) is 0 Å². The first kappa shape index (κ1) is 14.3. The highest BCUT2D eigenvalue weighted by molar-refractivity contribution is 5.82. The molecule has 3 rings (SSSR count).